The number of phosphoric acid groups is 1. The van der Waals surface area contributed by atoms with Crippen LogP contribution in [0.15, 0.2) is 60.8 Å². The standard InChI is InChI=1S/C84H161N2O6P/c1-6-8-10-12-14-16-18-20-22-24-26-28-30-32-34-36-38-39-40-41-42-43-44-45-46-47-48-50-52-54-56-58-60-62-64-66-68-70-72-74-76-78-84(88)85-82(81-92-93(89,90)91-80-79-86(3,4)5)83(87)77-75-73-71-69-67-65-63-61-59-57-55-53-51-49-37-35-33-31-29-27-25-23-21-19-17-15-13-11-9-7-2/h18,20,24,26,30,32,67,69,75,77,82-83,87H,6-17,19,21-23,25,27-29,31,33-66,68,70-74,76,78-81H2,1-5H3,(H-,85,88,89,90)/b20-18-,26-24-,32-30-,69-67+,77-75+. The Balaban J connectivity index is 3.94. The number of phosphoric ester groups is 1. The Bertz CT molecular complexity index is 1710. The molecule has 0 aliphatic carbocycles. The molecule has 0 aliphatic heterocycles. The van der Waals surface area contributed by atoms with Crippen LogP contribution >= 0.6 is 7.82 Å². The van der Waals surface area contributed by atoms with E-state index in [0.717, 1.165) is 51.4 Å². The molecule has 0 rings (SSSR count). The Morgan fingerprint density at radius 3 is 0.946 bits per heavy atom. The highest BCUT2D eigenvalue weighted by atomic mass is 31.2. The van der Waals surface area contributed by atoms with Crippen LogP contribution in [0.1, 0.15) is 418 Å². The smallest absolute Gasteiger partial charge is 0.268 e. The van der Waals surface area contributed by atoms with Crippen molar-refractivity contribution in [1.29, 1.82) is 0 Å². The largest absolute Gasteiger partial charge is 0.756 e. The summed E-state index contributed by atoms with van der Waals surface area (Å²) in [5.74, 6) is -0.199. The Morgan fingerprint density at radius 1 is 0.376 bits per heavy atom. The number of hydrogen-bond acceptors (Lipinski definition) is 6. The van der Waals surface area contributed by atoms with Crippen LogP contribution in [0.2, 0.25) is 0 Å². The van der Waals surface area contributed by atoms with Crippen LogP contribution in [-0.4, -0.2) is 68.5 Å². The zero-order valence-corrected chi connectivity index (χ0v) is 63.9. The van der Waals surface area contributed by atoms with E-state index in [1.807, 2.05) is 27.2 Å². The molecule has 548 valence electrons. The fourth-order valence-corrected chi connectivity index (χ4v) is 13.3. The van der Waals surface area contributed by atoms with Crippen molar-refractivity contribution in [2.75, 3.05) is 40.9 Å². The van der Waals surface area contributed by atoms with Gasteiger partial charge in [-0.15, -0.1) is 0 Å². The normalized spacial score (nSPS) is 13.8. The Morgan fingerprint density at radius 2 is 0.634 bits per heavy atom. The number of allylic oxidation sites excluding steroid dienone is 9. The molecule has 0 heterocycles. The molecule has 0 saturated carbocycles. The lowest BCUT2D eigenvalue weighted by Gasteiger charge is -2.29. The molecule has 0 spiro atoms. The summed E-state index contributed by atoms with van der Waals surface area (Å²) >= 11 is 0. The van der Waals surface area contributed by atoms with Crippen molar-refractivity contribution in [1.82, 2.24) is 5.32 Å². The highest BCUT2D eigenvalue weighted by Gasteiger charge is 2.23. The van der Waals surface area contributed by atoms with Crippen LogP contribution in [0.5, 0.6) is 0 Å². The second-order valence-corrected chi connectivity index (χ2v) is 30.9. The van der Waals surface area contributed by atoms with Gasteiger partial charge in [0.05, 0.1) is 39.9 Å². The molecule has 0 fully saturated rings. The van der Waals surface area contributed by atoms with Crippen molar-refractivity contribution in [3.05, 3.63) is 60.8 Å². The quantitative estimate of drug-likeness (QED) is 0.0272. The number of quaternary nitrogens is 1. The van der Waals surface area contributed by atoms with E-state index >= 15 is 0 Å². The van der Waals surface area contributed by atoms with Crippen molar-refractivity contribution in [2.45, 2.75) is 431 Å². The van der Waals surface area contributed by atoms with E-state index in [2.05, 4.69) is 67.8 Å². The molecule has 0 aromatic carbocycles. The summed E-state index contributed by atoms with van der Waals surface area (Å²) in [7, 11) is 1.26. The van der Waals surface area contributed by atoms with Gasteiger partial charge in [0, 0.05) is 6.42 Å². The predicted molar refractivity (Wildman–Crippen MR) is 408 cm³/mol. The molecule has 1 amide bonds. The van der Waals surface area contributed by atoms with Crippen LogP contribution in [0.4, 0.5) is 0 Å². The summed E-state index contributed by atoms with van der Waals surface area (Å²) in [6.45, 7) is 4.68. The van der Waals surface area contributed by atoms with Gasteiger partial charge in [-0.2, -0.15) is 0 Å². The number of unbranched alkanes of at least 4 members (excludes halogenated alkanes) is 56. The summed E-state index contributed by atoms with van der Waals surface area (Å²) in [5.41, 5.74) is 0. The lowest BCUT2D eigenvalue weighted by molar-refractivity contribution is -0.870. The molecule has 0 aliphatic rings. The highest BCUT2D eigenvalue weighted by Crippen LogP contribution is 2.38. The lowest BCUT2D eigenvalue weighted by atomic mass is 10.0. The molecule has 0 saturated heterocycles. The van der Waals surface area contributed by atoms with Gasteiger partial charge in [-0.3, -0.25) is 9.36 Å². The summed E-state index contributed by atoms with van der Waals surface area (Å²) in [6.07, 6.45) is 104. The van der Waals surface area contributed by atoms with Crippen LogP contribution in [0.25, 0.3) is 0 Å². The van der Waals surface area contributed by atoms with E-state index < -0.39 is 20.0 Å². The number of amides is 1. The Labute approximate surface area is 581 Å². The Kier molecular flexibility index (Phi) is 73.0. The maximum absolute atomic E-state index is 13.1. The van der Waals surface area contributed by atoms with E-state index in [9.17, 15) is 19.4 Å². The van der Waals surface area contributed by atoms with Gasteiger partial charge in [0.1, 0.15) is 13.2 Å². The van der Waals surface area contributed by atoms with E-state index in [1.165, 1.54) is 347 Å². The van der Waals surface area contributed by atoms with Crippen LogP contribution in [-0.2, 0) is 18.4 Å². The first kappa shape index (κ1) is 91.2. The first-order valence-corrected chi connectivity index (χ1v) is 42.6. The molecular formula is C84H161N2O6P. The minimum absolute atomic E-state index is 0.00507. The number of rotatable bonds is 77. The first-order chi connectivity index (χ1) is 45.5. The minimum Gasteiger partial charge on any atom is -0.756 e. The molecule has 0 radical (unpaired) electrons. The number of likely N-dealkylation sites (N-methyl/N-ethyl adjacent to an activating group) is 1. The zero-order chi connectivity index (χ0) is 67.6. The van der Waals surface area contributed by atoms with Crippen LogP contribution in [0, 0.1) is 0 Å². The third-order valence-electron chi connectivity index (χ3n) is 18.9. The average molecular weight is 1330 g/mol. The topological polar surface area (TPSA) is 108 Å². The van der Waals surface area contributed by atoms with E-state index in [-0.39, 0.29) is 19.1 Å². The lowest BCUT2D eigenvalue weighted by Crippen LogP contribution is -2.45. The Hall–Kier alpha value is -1.80. The van der Waals surface area contributed by atoms with Crippen molar-refractivity contribution >= 4 is 13.7 Å². The molecule has 0 bridgehead atoms. The monoisotopic (exact) mass is 1330 g/mol. The van der Waals surface area contributed by atoms with E-state index in [0.29, 0.717) is 17.4 Å². The number of aliphatic hydroxyl groups excluding tert-OH is 1. The fraction of sp³-hybridized carbons (Fsp3) is 0.869. The average Bonchev–Trinajstić information content (AvgIpc) is 2.75. The number of nitrogens with zero attached hydrogens (tertiary/aromatic N) is 1. The SMILES string of the molecule is CCCCCCC/C=C\C/C=C\C/C=C\CCCCCCCCCCCCCCCCCCCCCCCCCCCCC(=O)NC(COP(=O)([O-])OCC[N+](C)(C)C)C(O)/C=C/CC/C=C/CCCCCCCCCCCCCCCCCCCCCCCCCC. The second kappa shape index (κ2) is 74.4. The molecule has 93 heavy (non-hydrogen) atoms. The third-order valence-corrected chi connectivity index (χ3v) is 19.9. The summed E-state index contributed by atoms with van der Waals surface area (Å²) in [6, 6.07) is -0.905. The molecule has 3 unspecified atom stereocenters. The number of hydrogen-bond donors (Lipinski definition) is 2. The van der Waals surface area contributed by atoms with Gasteiger partial charge in [-0.1, -0.05) is 402 Å². The van der Waals surface area contributed by atoms with E-state index in [1.54, 1.807) is 6.08 Å². The molecule has 3 atom stereocenters. The maximum atomic E-state index is 13.1. The number of nitrogens with one attached hydrogen (secondary N) is 1. The number of carbonyl (C=O) groups is 1. The van der Waals surface area contributed by atoms with Crippen LogP contribution in [0.3, 0.4) is 0 Å². The van der Waals surface area contributed by atoms with E-state index in [4.69, 9.17) is 9.05 Å². The summed E-state index contributed by atoms with van der Waals surface area (Å²) in [4.78, 5) is 25.7. The van der Waals surface area contributed by atoms with Gasteiger partial charge >= 0.3 is 0 Å². The van der Waals surface area contributed by atoms with Gasteiger partial charge in [-0.05, 0) is 70.6 Å². The van der Waals surface area contributed by atoms with Crippen molar-refractivity contribution in [3.63, 3.8) is 0 Å². The van der Waals surface area contributed by atoms with Crippen LogP contribution < -0.4 is 10.2 Å². The summed E-state index contributed by atoms with van der Waals surface area (Å²) < 4.78 is 23.5. The van der Waals surface area contributed by atoms with Gasteiger partial charge in [-0.25, -0.2) is 0 Å². The van der Waals surface area contributed by atoms with Crippen molar-refractivity contribution < 1.29 is 32.9 Å². The highest BCUT2D eigenvalue weighted by molar-refractivity contribution is 7.45. The van der Waals surface area contributed by atoms with Gasteiger partial charge in [0.2, 0.25) is 5.91 Å². The third kappa shape index (κ3) is 77.4. The second-order valence-electron chi connectivity index (χ2n) is 29.5. The first-order valence-electron chi connectivity index (χ1n) is 41.2. The molecule has 0 aromatic rings. The van der Waals surface area contributed by atoms with Gasteiger partial charge in [0.25, 0.3) is 7.82 Å². The zero-order valence-electron chi connectivity index (χ0n) is 63.0. The molecular weight excluding hydrogens is 1160 g/mol. The molecule has 0 aromatic heterocycles. The fourth-order valence-electron chi connectivity index (χ4n) is 12.6. The predicted octanol–water partition coefficient (Wildman–Crippen LogP) is 26.4. The molecule has 2 N–H and O–H groups in total. The summed E-state index contributed by atoms with van der Waals surface area (Å²) in [5, 5.41) is 14.0. The number of carbonyl (C=O) groups excluding carboxylic acids is 1. The van der Waals surface area contributed by atoms with Gasteiger partial charge < -0.3 is 28.8 Å². The molecule has 8 nitrogen and oxygen atoms in total. The maximum Gasteiger partial charge on any atom is 0.268 e. The molecule has 9 heteroatoms. The number of aliphatic hydroxyl groups is 1. The minimum atomic E-state index is -4.62. The van der Waals surface area contributed by atoms with Crippen molar-refractivity contribution in [3.8, 4) is 0 Å². The van der Waals surface area contributed by atoms with Gasteiger partial charge in [0.15, 0.2) is 0 Å². The van der Waals surface area contributed by atoms with Crippen molar-refractivity contribution in [2.24, 2.45) is 0 Å².